The highest BCUT2D eigenvalue weighted by molar-refractivity contribution is 5.77. The molecule has 0 spiro atoms. The molecule has 72 valence electrons. The van der Waals surface area contributed by atoms with Gasteiger partial charge in [0.15, 0.2) is 0 Å². The van der Waals surface area contributed by atoms with Gasteiger partial charge < -0.3 is 10.2 Å². The SMILES string of the molecule is CCCN1C=C2CCNC(=O)N2C1. The van der Waals surface area contributed by atoms with Gasteiger partial charge in [-0.15, -0.1) is 0 Å². The van der Waals surface area contributed by atoms with E-state index in [1.807, 2.05) is 4.90 Å². The fourth-order valence-corrected chi connectivity index (χ4v) is 1.80. The molecule has 0 saturated carbocycles. The van der Waals surface area contributed by atoms with Gasteiger partial charge in [0.2, 0.25) is 0 Å². The topological polar surface area (TPSA) is 35.6 Å². The summed E-state index contributed by atoms with van der Waals surface area (Å²) in [6, 6.07) is 0.0519. The van der Waals surface area contributed by atoms with E-state index >= 15 is 0 Å². The van der Waals surface area contributed by atoms with E-state index in [-0.39, 0.29) is 6.03 Å². The Kier molecular flexibility index (Phi) is 2.12. The highest BCUT2D eigenvalue weighted by Crippen LogP contribution is 2.21. The number of nitrogens with zero attached hydrogens (tertiary/aromatic N) is 2. The molecule has 0 aromatic carbocycles. The van der Waals surface area contributed by atoms with Crippen LogP contribution in [0.3, 0.4) is 0 Å². The minimum absolute atomic E-state index is 0.0519. The number of hydrogen-bond acceptors (Lipinski definition) is 2. The maximum atomic E-state index is 11.4. The Morgan fingerprint density at radius 1 is 1.62 bits per heavy atom. The molecule has 0 bridgehead atoms. The number of carbonyl (C=O) groups is 1. The lowest BCUT2D eigenvalue weighted by Crippen LogP contribution is -2.44. The summed E-state index contributed by atoms with van der Waals surface area (Å²) in [4.78, 5) is 15.4. The Labute approximate surface area is 78.2 Å². The summed E-state index contributed by atoms with van der Waals surface area (Å²) < 4.78 is 0. The number of fused-ring (bicyclic) bond motifs is 1. The van der Waals surface area contributed by atoms with Crippen LogP contribution in [0.1, 0.15) is 19.8 Å². The van der Waals surface area contributed by atoms with Crippen LogP contribution in [0.4, 0.5) is 4.79 Å². The normalized spacial score (nSPS) is 21.3. The van der Waals surface area contributed by atoms with Crippen molar-refractivity contribution < 1.29 is 4.79 Å². The second kappa shape index (κ2) is 3.28. The fourth-order valence-electron chi connectivity index (χ4n) is 1.80. The van der Waals surface area contributed by atoms with Gasteiger partial charge in [-0.2, -0.15) is 0 Å². The molecule has 4 nitrogen and oxygen atoms in total. The minimum Gasteiger partial charge on any atom is -0.358 e. The van der Waals surface area contributed by atoms with Crippen molar-refractivity contribution in [1.29, 1.82) is 0 Å². The largest absolute Gasteiger partial charge is 0.358 e. The van der Waals surface area contributed by atoms with E-state index in [1.54, 1.807) is 0 Å². The third-order valence-corrected chi connectivity index (χ3v) is 2.41. The molecule has 1 N–H and O–H groups in total. The summed E-state index contributed by atoms with van der Waals surface area (Å²) in [6.07, 6.45) is 4.20. The van der Waals surface area contributed by atoms with Crippen LogP contribution in [0, 0.1) is 0 Å². The van der Waals surface area contributed by atoms with Crippen molar-refractivity contribution in [1.82, 2.24) is 15.1 Å². The molecule has 13 heavy (non-hydrogen) atoms. The van der Waals surface area contributed by atoms with Crippen molar-refractivity contribution >= 4 is 6.03 Å². The van der Waals surface area contributed by atoms with Gasteiger partial charge in [-0.05, 0) is 6.42 Å². The zero-order valence-electron chi connectivity index (χ0n) is 7.92. The number of carbonyl (C=O) groups excluding carboxylic acids is 1. The predicted octanol–water partition coefficient (Wildman–Crippen LogP) is 0.926. The molecule has 2 aliphatic heterocycles. The summed E-state index contributed by atoms with van der Waals surface area (Å²) in [5.41, 5.74) is 1.16. The van der Waals surface area contributed by atoms with Crippen LogP contribution in [-0.4, -0.2) is 35.6 Å². The van der Waals surface area contributed by atoms with Crippen molar-refractivity contribution in [2.75, 3.05) is 19.8 Å². The van der Waals surface area contributed by atoms with E-state index in [0.29, 0.717) is 0 Å². The molecule has 2 aliphatic rings. The van der Waals surface area contributed by atoms with Gasteiger partial charge in [0.25, 0.3) is 0 Å². The highest BCUT2D eigenvalue weighted by Gasteiger charge is 2.28. The average Bonchev–Trinajstić information content (AvgIpc) is 2.49. The van der Waals surface area contributed by atoms with E-state index < -0.39 is 0 Å². The van der Waals surface area contributed by atoms with Crippen molar-refractivity contribution in [3.8, 4) is 0 Å². The minimum atomic E-state index is 0.0519. The monoisotopic (exact) mass is 181 g/mol. The summed E-state index contributed by atoms with van der Waals surface area (Å²) in [6.45, 7) is 4.69. The fraction of sp³-hybridized carbons (Fsp3) is 0.667. The molecule has 0 unspecified atom stereocenters. The van der Waals surface area contributed by atoms with Gasteiger partial charge in [0, 0.05) is 31.4 Å². The van der Waals surface area contributed by atoms with Crippen LogP contribution in [0.2, 0.25) is 0 Å². The van der Waals surface area contributed by atoms with Crippen molar-refractivity contribution in [3.63, 3.8) is 0 Å². The van der Waals surface area contributed by atoms with Crippen LogP contribution in [0.15, 0.2) is 11.9 Å². The summed E-state index contributed by atoms with van der Waals surface area (Å²) in [5, 5.41) is 2.84. The predicted molar refractivity (Wildman–Crippen MR) is 49.8 cm³/mol. The Balaban J connectivity index is 2.05. The van der Waals surface area contributed by atoms with Gasteiger partial charge in [0.05, 0.1) is 6.67 Å². The molecule has 0 aromatic heterocycles. The lowest BCUT2D eigenvalue weighted by molar-refractivity contribution is 0.191. The number of hydrogen-bond donors (Lipinski definition) is 1. The maximum Gasteiger partial charge on any atom is 0.323 e. The second-order valence-corrected chi connectivity index (χ2v) is 3.48. The van der Waals surface area contributed by atoms with Crippen LogP contribution < -0.4 is 5.32 Å². The van der Waals surface area contributed by atoms with E-state index in [0.717, 1.165) is 38.3 Å². The Bertz CT molecular complexity index is 249. The quantitative estimate of drug-likeness (QED) is 0.687. The lowest BCUT2D eigenvalue weighted by Gasteiger charge is -2.26. The molecule has 0 radical (unpaired) electrons. The zero-order chi connectivity index (χ0) is 9.26. The molecular weight excluding hydrogens is 166 g/mol. The molecule has 0 atom stereocenters. The highest BCUT2D eigenvalue weighted by atomic mass is 16.2. The maximum absolute atomic E-state index is 11.4. The van der Waals surface area contributed by atoms with Gasteiger partial charge in [-0.25, -0.2) is 4.79 Å². The lowest BCUT2D eigenvalue weighted by atomic mass is 10.3. The zero-order valence-corrected chi connectivity index (χ0v) is 7.92. The average molecular weight is 181 g/mol. The van der Waals surface area contributed by atoms with Crippen LogP contribution in [0.5, 0.6) is 0 Å². The second-order valence-electron chi connectivity index (χ2n) is 3.48. The van der Waals surface area contributed by atoms with Crippen molar-refractivity contribution in [3.05, 3.63) is 11.9 Å². The summed E-state index contributed by atoms with van der Waals surface area (Å²) in [7, 11) is 0. The van der Waals surface area contributed by atoms with Gasteiger partial charge in [0.1, 0.15) is 0 Å². The number of rotatable bonds is 2. The van der Waals surface area contributed by atoms with E-state index in [1.165, 1.54) is 0 Å². The molecule has 1 fully saturated rings. The number of amides is 2. The van der Waals surface area contributed by atoms with Gasteiger partial charge >= 0.3 is 6.03 Å². The molecule has 2 rings (SSSR count). The van der Waals surface area contributed by atoms with Crippen molar-refractivity contribution in [2.45, 2.75) is 19.8 Å². The number of nitrogens with one attached hydrogen (secondary N) is 1. The molecule has 0 aromatic rings. The Morgan fingerprint density at radius 2 is 2.46 bits per heavy atom. The van der Waals surface area contributed by atoms with Crippen LogP contribution in [0.25, 0.3) is 0 Å². The van der Waals surface area contributed by atoms with E-state index in [2.05, 4.69) is 23.3 Å². The third kappa shape index (κ3) is 1.48. The Hall–Kier alpha value is -1.19. The molecule has 1 saturated heterocycles. The van der Waals surface area contributed by atoms with E-state index in [4.69, 9.17) is 0 Å². The summed E-state index contributed by atoms with van der Waals surface area (Å²) in [5.74, 6) is 0. The van der Waals surface area contributed by atoms with Crippen molar-refractivity contribution in [2.24, 2.45) is 0 Å². The van der Waals surface area contributed by atoms with Crippen LogP contribution in [-0.2, 0) is 0 Å². The first-order valence-corrected chi connectivity index (χ1v) is 4.81. The van der Waals surface area contributed by atoms with E-state index in [9.17, 15) is 4.79 Å². The first kappa shape index (κ1) is 8.41. The molecule has 4 heteroatoms. The summed E-state index contributed by atoms with van der Waals surface area (Å²) >= 11 is 0. The first-order valence-electron chi connectivity index (χ1n) is 4.81. The third-order valence-electron chi connectivity index (χ3n) is 2.41. The molecule has 2 heterocycles. The van der Waals surface area contributed by atoms with Crippen LogP contribution >= 0.6 is 0 Å². The van der Waals surface area contributed by atoms with Gasteiger partial charge in [-0.3, -0.25) is 4.90 Å². The Morgan fingerprint density at radius 3 is 3.15 bits per heavy atom. The standard InChI is InChI=1S/C9H15N3O/c1-2-5-11-6-8-3-4-10-9(13)12(8)7-11/h6H,2-5,7H2,1H3,(H,10,13). The molecular formula is C9H15N3O. The molecule has 2 amide bonds. The first-order chi connectivity index (χ1) is 6.31. The van der Waals surface area contributed by atoms with Gasteiger partial charge in [-0.1, -0.05) is 6.92 Å². The molecule has 0 aliphatic carbocycles. The number of urea groups is 1. The smallest absolute Gasteiger partial charge is 0.323 e.